The summed E-state index contributed by atoms with van der Waals surface area (Å²) in [5.74, 6) is -0.211. The van der Waals surface area contributed by atoms with Gasteiger partial charge >= 0.3 is 5.97 Å². The van der Waals surface area contributed by atoms with Gasteiger partial charge in [-0.2, -0.15) is 0 Å². The molecule has 0 saturated carbocycles. The minimum absolute atomic E-state index is 0.0107. The van der Waals surface area contributed by atoms with Gasteiger partial charge in [0.1, 0.15) is 35.3 Å². The topological polar surface area (TPSA) is 75.5 Å². The number of carbonyl (C=O) groups excluding carboxylic acids is 1. The first kappa shape index (κ1) is 27.8. The van der Waals surface area contributed by atoms with Crippen molar-refractivity contribution in [3.8, 4) is 16.9 Å². The van der Waals surface area contributed by atoms with Crippen LogP contribution < -0.4 is 4.74 Å². The fraction of sp³-hybridized carbons (Fsp3) is 0.219. The van der Waals surface area contributed by atoms with Gasteiger partial charge in [-0.15, -0.1) is 0 Å². The lowest BCUT2D eigenvalue weighted by molar-refractivity contribution is -0.0590. The molecule has 10 heteroatoms. The number of esters is 1. The second-order valence-electron chi connectivity index (χ2n) is 9.99. The van der Waals surface area contributed by atoms with Crippen LogP contribution >= 0.6 is 11.6 Å². The summed E-state index contributed by atoms with van der Waals surface area (Å²) in [4.78, 5) is 21.3. The molecule has 0 radical (unpaired) electrons. The number of pyridine rings is 1. The van der Waals surface area contributed by atoms with Crippen LogP contribution in [0.25, 0.3) is 22.3 Å². The first-order valence-electron chi connectivity index (χ1n) is 13.4. The molecule has 1 fully saturated rings. The molecule has 0 bridgehead atoms. The SMILES string of the molecule is COC(=O)c1ccc2nc(Cc3ccc(-c4cccc(OCc5ccc(Cl)cc5F)c4)c(F)c3)n(C[C@@H]3CCO3)c2n1. The van der Waals surface area contributed by atoms with E-state index in [1.165, 1.54) is 19.2 Å². The third-order valence-corrected chi connectivity index (χ3v) is 7.43. The maximum atomic E-state index is 15.5. The Morgan fingerprint density at radius 2 is 1.90 bits per heavy atom. The summed E-state index contributed by atoms with van der Waals surface area (Å²) in [6, 6.07) is 19.8. The molecule has 6 rings (SSSR count). The fourth-order valence-electron chi connectivity index (χ4n) is 4.86. The zero-order chi connectivity index (χ0) is 29.2. The Balaban J connectivity index is 1.24. The fourth-order valence-corrected chi connectivity index (χ4v) is 5.02. The molecule has 0 amide bonds. The third-order valence-electron chi connectivity index (χ3n) is 7.20. The minimum atomic E-state index is -0.532. The molecule has 7 nitrogen and oxygen atoms in total. The van der Waals surface area contributed by atoms with Crippen LogP contribution in [0.5, 0.6) is 5.75 Å². The second kappa shape index (κ2) is 11.9. The number of hydrogen-bond donors (Lipinski definition) is 0. The Kier molecular flexibility index (Phi) is 7.86. The number of benzene rings is 3. The van der Waals surface area contributed by atoms with Crippen molar-refractivity contribution < 1.29 is 27.8 Å². The van der Waals surface area contributed by atoms with Gasteiger partial charge in [0.25, 0.3) is 0 Å². The van der Waals surface area contributed by atoms with Gasteiger partial charge in [0, 0.05) is 29.2 Å². The van der Waals surface area contributed by atoms with Gasteiger partial charge < -0.3 is 18.8 Å². The second-order valence-corrected chi connectivity index (χ2v) is 10.4. The van der Waals surface area contributed by atoms with Crippen LogP contribution in [0, 0.1) is 11.6 Å². The number of fused-ring (bicyclic) bond motifs is 1. The summed E-state index contributed by atoms with van der Waals surface area (Å²) in [6.07, 6.45) is 1.29. The van der Waals surface area contributed by atoms with Crippen LogP contribution in [0.1, 0.15) is 33.9 Å². The molecule has 1 saturated heterocycles. The maximum absolute atomic E-state index is 15.5. The Hall–Kier alpha value is -4.34. The van der Waals surface area contributed by atoms with Crippen molar-refractivity contribution in [2.24, 2.45) is 0 Å². The van der Waals surface area contributed by atoms with Gasteiger partial charge in [-0.05, 0) is 60.0 Å². The summed E-state index contributed by atoms with van der Waals surface area (Å²) in [5.41, 5.74) is 3.49. The molecule has 0 N–H and O–H groups in total. The standard InChI is InChI=1S/C32H26ClF2N3O4/c1-40-32(39)29-10-9-28-31(37-29)38(17-24-11-12-41-24)30(36-28)14-19-5-8-25(27(35)13-19)20-3-2-4-23(15-20)42-18-21-6-7-22(33)16-26(21)34/h2-10,13,15-16,24H,11-12,14,17-18H2,1H3/t24-/m0/s1. The van der Waals surface area contributed by atoms with Crippen LogP contribution in [-0.4, -0.2) is 40.3 Å². The lowest BCUT2D eigenvalue weighted by atomic mass is 10.0. The summed E-state index contributed by atoms with van der Waals surface area (Å²) in [7, 11) is 1.31. The maximum Gasteiger partial charge on any atom is 0.356 e. The summed E-state index contributed by atoms with van der Waals surface area (Å²) < 4.78 is 47.8. The molecular formula is C32H26ClF2N3O4. The Bertz CT molecular complexity index is 1790. The van der Waals surface area contributed by atoms with Crippen molar-refractivity contribution in [3.63, 3.8) is 0 Å². The lowest BCUT2D eigenvalue weighted by Gasteiger charge is -2.27. The van der Waals surface area contributed by atoms with E-state index >= 15 is 4.39 Å². The predicted octanol–water partition coefficient (Wildman–Crippen LogP) is 6.78. The van der Waals surface area contributed by atoms with Gasteiger partial charge in [-0.1, -0.05) is 41.9 Å². The number of nitrogens with zero attached hydrogens (tertiary/aromatic N) is 3. The molecule has 0 unspecified atom stereocenters. The molecular weight excluding hydrogens is 564 g/mol. The number of carbonyl (C=O) groups is 1. The summed E-state index contributed by atoms with van der Waals surface area (Å²) >= 11 is 5.83. The van der Waals surface area contributed by atoms with Gasteiger partial charge in [0.15, 0.2) is 11.3 Å². The van der Waals surface area contributed by atoms with Gasteiger partial charge in [0.05, 0.1) is 19.8 Å². The molecule has 0 aliphatic carbocycles. The molecule has 1 aliphatic rings. The van der Waals surface area contributed by atoms with E-state index in [0.29, 0.717) is 64.0 Å². The van der Waals surface area contributed by atoms with E-state index in [2.05, 4.69) is 4.98 Å². The molecule has 3 aromatic carbocycles. The first-order chi connectivity index (χ1) is 20.4. The van der Waals surface area contributed by atoms with Crippen LogP contribution in [0.15, 0.2) is 72.8 Å². The molecule has 5 aromatic rings. The molecule has 0 spiro atoms. The van der Waals surface area contributed by atoms with Gasteiger partial charge in [-0.3, -0.25) is 0 Å². The smallest absolute Gasteiger partial charge is 0.356 e. The van der Waals surface area contributed by atoms with Crippen molar-refractivity contribution in [2.45, 2.75) is 32.1 Å². The average molecular weight is 590 g/mol. The Labute approximate surface area is 245 Å². The quantitative estimate of drug-likeness (QED) is 0.177. The van der Waals surface area contributed by atoms with Gasteiger partial charge in [-0.25, -0.2) is 23.5 Å². The number of methoxy groups -OCH3 is 1. The average Bonchev–Trinajstić information content (AvgIpc) is 3.30. The zero-order valence-electron chi connectivity index (χ0n) is 22.6. The van der Waals surface area contributed by atoms with Gasteiger partial charge in [0.2, 0.25) is 0 Å². The van der Waals surface area contributed by atoms with E-state index in [1.54, 1.807) is 54.6 Å². The highest BCUT2D eigenvalue weighted by Gasteiger charge is 2.23. The van der Waals surface area contributed by atoms with E-state index in [1.807, 2.05) is 10.6 Å². The van der Waals surface area contributed by atoms with Crippen LogP contribution in [0.3, 0.4) is 0 Å². The van der Waals surface area contributed by atoms with E-state index in [9.17, 15) is 9.18 Å². The number of ether oxygens (including phenoxy) is 3. The summed E-state index contributed by atoms with van der Waals surface area (Å²) in [5, 5.41) is 0.311. The summed E-state index contributed by atoms with van der Waals surface area (Å²) in [6.45, 7) is 1.23. The monoisotopic (exact) mass is 589 g/mol. The van der Waals surface area contributed by atoms with Crippen LogP contribution in [0.4, 0.5) is 8.78 Å². The van der Waals surface area contributed by atoms with Crippen molar-refractivity contribution in [1.82, 2.24) is 14.5 Å². The van der Waals surface area contributed by atoms with Crippen molar-refractivity contribution in [1.29, 1.82) is 0 Å². The Morgan fingerprint density at radius 3 is 2.64 bits per heavy atom. The predicted molar refractivity (Wildman–Crippen MR) is 154 cm³/mol. The number of hydrogen-bond acceptors (Lipinski definition) is 6. The zero-order valence-corrected chi connectivity index (χ0v) is 23.4. The van der Waals surface area contributed by atoms with E-state index in [4.69, 9.17) is 30.8 Å². The first-order valence-corrected chi connectivity index (χ1v) is 13.8. The number of halogens is 3. The minimum Gasteiger partial charge on any atom is -0.489 e. The number of rotatable bonds is 9. The number of aromatic nitrogens is 3. The molecule has 1 atom stereocenters. The van der Waals surface area contributed by atoms with E-state index < -0.39 is 17.6 Å². The molecule has 42 heavy (non-hydrogen) atoms. The molecule has 2 aromatic heterocycles. The highest BCUT2D eigenvalue weighted by Crippen LogP contribution is 2.29. The molecule has 1 aliphatic heterocycles. The van der Waals surface area contributed by atoms with Crippen molar-refractivity contribution >= 4 is 28.7 Å². The van der Waals surface area contributed by atoms with Crippen molar-refractivity contribution in [3.05, 3.63) is 112 Å². The Morgan fingerprint density at radius 1 is 1.05 bits per heavy atom. The molecule has 214 valence electrons. The van der Waals surface area contributed by atoms with E-state index in [-0.39, 0.29) is 18.4 Å². The van der Waals surface area contributed by atoms with E-state index in [0.717, 1.165) is 12.0 Å². The highest BCUT2D eigenvalue weighted by atomic mass is 35.5. The van der Waals surface area contributed by atoms with Crippen LogP contribution in [0.2, 0.25) is 5.02 Å². The van der Waals surface area contributed by atoms with Crippen LogP contribution in [-0.2, 0) is 29.0 Å². The largest absolute Gasteiger partial charge is 0.489 e. The highest BCUT2D eigenvalue weighted by molar-refractivity contribution is 6.30. The number of imidazole rings is 1. The normalized spacial score (nSPS) is 14.5. The third kappa shape index (κ3) is 5.84. The molecule has 3 heterocycles. The van der Waals surface area contributed by atoms with Crippen molar-refractivity contribution in [2.75, 3.05) is 13.7 Å². The lowest BCUT2D eigenvalue weighted by Crippen LogP contribution is -2.32.